The van der Waals surface area contributed by atoms with E-state index in [1.54, 1.807) is 18.2 Å². The van der Waals surface area contributed by atoms with Crippen molar-refractivity contribution < 1.29 is 9.90 Å². The number of nitrogens with one attached hydrogen (secondary N) is 1. The second-order valence-electron chi connectivity index (χ2n) is 4.46. The van der Waals surface area contributed by atoms with Crippen LogP contribution in [0.2, 0.25) is 5.02 Å². The van der Waals surface area contributed by atoms with Crippen LogP contribution in [0.3, 0.4) is 0 Å². The lowest BCUT2D eigenvalue weighted by Gasteiger charge is -2.17. The summed E-state index contributed by atoms with van der Waals surface area (Å²) in [6.07, 6.45) is 0. The van der Waals surface area contributed by atoms with Gasteiger partial charge in [0.15, 0.2) is 6.04 Å². The van der Waals surface area contributed by atoms with Gasteiger partial charge in [-0.2, -0.15) is 0 Å². The van der Waals surface area contributed by atoms with Crippen molar-refractivity contribution in [3.05, 3.63) is 63.1 Å². The summed E-state index contributed by atoms with van der Waals surface area (Å²) < 4.78 is 0.675. The number of rotatable bonds is 4. The Bertz CT molecular complexity index is 628. The molecule has 1 atom stereocenters. The van der Waals surface area contributed by atoms with Gasteiger partial charge in [-0.25, -0.2) is 4.79 Å². The van der Waals surface area contributed by atoms with Crippen LogP contribution in [0.25, 0.3) is 0 Å². The molecule has 20 heavy (non-hydrogen) atoms. The Balaban J connectivity index is 2.29. The Hall–Kier alpha value is -1.52. The largest absolute Gasteiger partial charge is 0.479 e. The van der Waals surface area contributed by atoms with Crippen molar-refractivity contribution in [3.63, 3.8) is 0 Å². The fourth-order valence-electron chi connectivity index (χ4n) is 1.80. The molecule has 0 aliphatic rings. The molecule has 2 rings (SSSR count). The number of aryl methyl sites for hydroxylation is 1. The summed E-state index contributed by atoms with van der Waals surface area (Å²) in [7, 11) is 0. The Morgan fingerprint density at radius 2 is 1.90 bits per heavy atom. The summed E-state index contributed by atoms with van der Waals surface area (Å²) in [6.45, 7) is 1.98. The number of hydrogen-bond acceptors (Lipinski definition) is 2. The molecule has 0 saturated heterocycles. The lowest BCUT2D eigenvalue weighted by Crippen LogP contribution is -2.20. The van der Waals surface area contributed by atoms with Crippen molar-refractivity contribution in [2.24, 2.45) is 0 Å². The van der Waals surface area contributed by atoms with Gasteiger partial charge in [-0.05, 0) is 52.7 Å². The predicted octanol–water partition coefficient (Wildman–Crippen LogP) is 4.65. The Morgan fingerprint density at radius 3 is 2.45 bits per heavy atom. The van der Waals surface area contributed by atoms with Crippen LogP contribution < -0.4 is 5.32 Å². The van der Waals surface area contributed by atoms with Gasteiger partial charge in [0, 0.05) is 10.2 Å². The molecular formula is C15H13BrClNO2. The molecule has 5 heteroatoms. The number of hydrogen-bond donors (Lipinski definition) is 2. The van der Waals surface area contributed by atoms with Gasteiger partial charge in [0.25, 0.3) is 0 Å². The van der Waals surface area contributed by atoms with Crippen molar-refractivity contribution in [1.29, 1.82) is 0 Å². The maximum atomic E-state index is 11.5. The van der Waals surface area contributed by atoms with E-state index in [2.05, 4.69) is 21.2 Å². The number of carboxylic acids is 1. The maximum Gasteiger partial charge on any atom is 0.330 e. The first-order valence-electron chi connectivity index (χ1n) is 5.98. The molecule has 3 nitrogen and oxygen atoms in total. The minimum Gasteiger partial charge on any atom is -0.479 e. The molecule has 0 fully saturated rings. The summed E-state index contributed by atoms with van der Waals surface area (Å²) in [5, 5.41) is 12.9. The summed E-state index contributed by atoms with van der Waals surface area (Å²) in [5.74, 6) is -0.945. The van der Waals surface area contributed by atoms with Gasteiger partial charge in [0.05, 0.1) is 5.02 Å². The van der Waals surface area contributed by atoms with Gasteiger partial charge in [-0.3, -0.25) is 0 Å². The van der Waals surface area contributed by atoms with Crippen LogP contribution in [0, 0.1) is 6.92 Å². The van der Waals surface area contributed by atoms with Gasteiger partial charge < -0.3 is 10.4 Å². The highest BCUT2D eigenvalue weighted by Gasteiger charge is 2.20. The monoisotopic (exact) mass is 353 g/mol. The summed E-state index contributed by atoms with van der Waals surface area (Å²) >= 11 is 9.23. The SMILES string of the molecule is Cc1ccc(NC(C(=O)O)c2ccc(Cl)c(Br)c2)cc1. The zero-order chi connectivity index (χ0) is 14.7. The van der Waals surface area contributed by atoms with Crippen molar-refractivity contribution >= 4 is 39.2 Å². The minimum absolute atomic E-state index is 0.549. The van der Waals surface area contributed by atoms with E-state index in [4.69, 9.17) is 11.6 Å². The molecule has 0 spiro atoms. The second-order valence-corrected chi connectivity index (χ2v) is 5.72. The van der Waals surface area contributed by atoms with Crippen LogP contribution in [0.5, 0.6) is 0 Å². The lowest BCUT2D eigenvalue weighted by molar-refractivity contribution is -0.138. The highest BCUT2D eigenvalue weighted by Crippen LogP contribution is 2.28. The lowest BCUT2D eigenvalue weighted by atomic mass is 10.1. The average molecular weight is 355 g/mol. The number of halogens is 2. The van der Waals surface area contributed by atoms with Gasteiger partial charge in [-0.1, -0.05) is 35.4 Å². The zero-order valence-electron chi connectivity index (χ0n) is 10.7. The van der Waals surface area contributed by atoms with E-state index in [1.807, 2.05) is 31.2 Å². The molecule has 0 heterocycles. The highest BCUT2D eigenvalue weighted by atomic mass is 79.9. The van der Waals surface area contributed by atoms with Crippen molar-refractivity contribution in [1.82, 2.24) is 0 Å². The Morgan fingerprint density at radius 1 is 1.25 bits per heavy atom. The molecule has 2 aromatic carbocycles. The second kappa shape index (κ2) is 6.29. The highest BCUT2D eigenvalue weighted by molar-refractivity contribution is 9.10. The number of anilines is 1. The first-order valence-corrected chi connectivity index (χ1v) is 7.15. The van der Waals surface area contributed by atoms with Gasteiger partial charge in [0.2, 0.25) is 0 Å². The first kappa shape index (κ1) is 14.9. The molecule has 2 aromatic rings. The van der Waals surface area contributed by atoms with Gasteiger partial charge in [0.1, 0.15) is 0 Å². The minimum atomic E-state index is -0.945. The molecule has 0 amide bonds. The molecule has 0 aliphatic carbocycles. The molecule has 0 bridgehead atoms. The molecular weight excluding hydrogens is 342 g/mol. The van der Waals surface area contributed by atoms with E-state index in [1.165, 1.54) is 0 Å². The third-order valence-corrected chi connectivity index (χ3v) is 4.10. The molecule has 104 valence electrons. The van der Waals surface area contributed by atoms with E-state index in [0.29, 0.717) is 15.1 Å². The maximum absolute atomic E-state index is 11.5. The van der Waals surface area contributed by atoms with E-state index < -0.39 is 12.0 Å². The zero-order valence-corrected chi connectivity index (χ0v) is 13.1. The normalized spacial score (nSPS) is 11.9. The number of carboxylic acid groups (broad SMARTS) is 1. The summed E-state index contributed by atoms with van der Waals surface area (Å²) in [6, 6.07) is 11.8. The van der Waals surface area contributed by atoms with Crippen LogP contribution in [0.1, 0.15) is 17.2 Å². The molecule has 0 aromatic heterocycles. The third kappa shape index (κ3) is 3.52. The third-order valence-electron chi connectivity index (χ3n) is 2.89. The number of aliphatic carboxylic acids is 1. The quantitative estimate of drug-likeness (QED) is 0.840. The topological polar surface area (TPSA) is 49.3 Å². The van der Waals surface area contributed by atoms with Crippen molar-refractivity contribution in [3.8, 4) is 0 Å². The van der Waals surface area contributed by atoms with Crippen LogP contribution in [0.15, 0.2) is 46.9 Å². The summed E-state index contributed by atoms with van der Waals surface area (Å²) in [5.41, 5.74) is 2.51. The van der Waals surface area contributed by atoms with Crippen molar-refractivity contribution in [2.45, 2.75) is 13.0 Å². The van der Waals surface area contributed by atoms with Crippen LogP contribution in [-0.4, -0.2) is 11.1 Å². The average Bonchev–Trinajstić information content (AvgIpc) is 2.41. The molecule has 2 N–H and O–H groups in total. The Kier molecular flexibility index (Phi) is 4.68. The van der Waals surface area contributed by atoms with E-state index >= 15 is 0 Å². The predicted molar refractivity (Wildman–Crippen MR) is 84.3 cm³/mol. The molecule has 1 unspecified atom stereocenters. The molecule has 0 aliphatic heterocycles. The number of carbonyl (C=O) groups is 1. The Labute approximate surface area is 130 Å². The van der Waals surface area contributed by atoms with E-state index in [0.717, 1.165) is 11.3 Å². The van der Waals surface area contributed by atoms with E-state index in [-0.39, 0.29) is 0 Å². The fraction of sp³-hybridized carbons (Fsp3) is 0.133. The first-order chi connectivity index (χ1) is 9.47. The van der Waals surface area contributed by atoms with Crippen LogP contribution in [0.4, 0.5) is 5.69 Å². The molecule has 0 radical (unpaired) electrons. The fourth-order valence-corrected chi connectivity index (χ4v) is 2.31. The van der Waals surface area contributed by atoms with Crippen LogP contribution >= 0.6 is 27.5 Å². The van der Waals surface area contributed by atoms with Crippen LogP contribution in [-0.2, 0) is 4.79 Å². The van der Waals surface area contributed by atoms with Crippen molar-refractivity contribution in [2.75, 3.05) is 5.32 Å². The van der Waals surface area contributed by atoms with Gasteiger partial charge in [-0.15, -0.1) is 0 Å². The standard InChI is InChI=1S/C15H13BrClNO2/c1-9-2-5-11(6-3-9)18-14(15(19)20)10-4-7-13(17)12(16)8-10/h2-8,14,18H,1H3,(H,19,20). The van der Waals surface area contributed by atoms with E-state index in [9.17, 15) is 9.90 Å². The molecule has 0 saturated carbocycles. The van der Waals surface area contributed by atoms with Gasteiger partial charge >= 0.3 is 5.97 Å². The number of benzene rings is 2. The smallest absolute Gasteiger partial charge is 0.330 e. The summed E-state index contributed by atoms with van der Waals surface area (Å²) in [4.78, 5) is 11.5.